The van der Waals surface area contributed by atoms with E-state index in [0.29, 0.717) is 6.61 Å². The molecule has 0 amide bonds. The first kappa shape index (κ1) is 25.0. The summed E-state index contributed by atoms with van der Waals surface area (Å²) in [5, 5.41) is 10.5. The van der Waals surface area contributed by atoms with Gasteiger partial charge in [-0.1, -0.05) is 65.8 Å². The Bertz CT molecular complexity index is 898. The fourth-order valence-electron chi connectivity index (χ4n) is 4.39. The Labute approximate surface area is 198 Å². The molecule has 33 heavy (non-hydrogen) atoms. The molecule has 1 N–H and O–H groups in total. The van der Waals surface area contributed by atoms with Crippen molar-refractivity contribution >= 4 is 5.97 Å². The highest BCUT2D eigenvalue weighted by Gasteiger charge is 2.25. The molecule has 2 aliphatic carbocycles. The number of hydrogen-bond donors (Lipinski definition) is 1. The van der Waals surface area contributed by atoms with Crippen molar-refractivity contribution < 1.29 is 19.4 Å². The second-order valence-corrected chi connectivity index (χ2v) is 8.83. The zero-order valence-electron chi connectivity index (χ0n) is 20.1. The van der Waals surface area contributed by atoms with Crippen molar-refractivity contribution in [3.8, 4) is 0 Å². The molecule has 178 valence electrons. The monoisotopic (exact) mass is 451 g/mol. The lowest BCUT2D eigenvalue weighted by molar-refractivity contribution is -0.147. The average molecular weight is 452 g/mol. The summed E-state index contributed by atoms with van der Waals surface area (Å²) in [5.41, 5.74) is 4.13. The smallest absolute Gasteiger partial charge is 0.320 e. The van der Waals surface area contributed by atoms with Crippen LogP contribution in [0.3, 0.4) is 0 Å². The van der Waals surface area contributed by atoms with Gasteiger partial charge in [0.05, 0.1) is 25.5 Å². The predicted molar refractivity (Wildman–Crippen MR) is 131 cm³/mol. The van der Waals surface area contributed by atoms with Gasteiger partial charge in [0.15, 0.2) is 0 Å². The molecule has 0 bridgehead atoms. The highest BCUT2D eigenvalue weighted by atomic mass is 16.6. The summed E-state index contributed by atoms with van der Waals surface area (Å²) in [6.07, 6.45) is 13.6. The van der Waals surface area contributed by atoms with Crippen LogP contribution in [0.25, 0.3) is 0 Å². The number of carbonyl (C=O) groups is 1. The van der Waals surface area contributed by atoms with E-state index in [4.69, 9.17) is 9.47 Å². The van der Waals surface area contributed by atoms with E-state index < -0.39 is 6.29 Å². The van der Waals surface area contributed by atoms with E-state index in [1.54, 1.807) is 6.92 Å². The van der Waals surface area contributed by atoms with E-state index >= 15 is 0 Å². The molecule has 1 aromatic rings. The van der Waals surface area contributed by atoms with Crippen molar-refractivity contribution in [2.24, 2.45) is 0 Å². The molecule has 5 nitrogen and oxygen atoms in total. The Morgan fingerprint density at radius 3 is 2.42 bits per heavy atom. The highest BCUT2D eigenvalue weighted by Crippen LogP contribution is 2.39. The maximum Gasteiger partial charge on any atom is 0.320 e. The lowest BCUT2D eigenvalue weighted by Crippen LogP contribution is -2.42. The quantitative estimate of drug-likeness (QED) is 0.367. The summed E-state index contributed by atoms with van der Waals surface area (Å²) in [6, 6.07) is 10.7. The topological polar surface area (TPSA) is 59.0 Å². The third-order valence-corrected chi connectivity index (χ3v) is 6.11. The number of aliphatic hydroxyl groups excluding tert-OH is 1. The first-order valence-corrected chi connectivity index (χ1v) is 12.0. The fourth-order valence-corrected chi connectivity index (χ4v) is 4.39. The maximum absolute atomic E-state index is 11.9. The van der Waals surface area contributed by atoms with Gasteiger partial charge in [-0.2, -0.15) is 0 Å². The molecule has 5 heteroatoms. The highest BCUT2D eigenvalue weighted by molar-refractivity contribution is 5.71. The van der Waals surface area contributed by atoms with E-state index in [0.717, 1.165) is 31.4 Å². The molecule has 0 spiro atoms. The van der Waals surface area contributed by atoms with E-state index in [-0.39, 0.29) is 31.0 Å². The number of benzene rings is 1. The van der Waals surface area contributed by atoms with Crippen molar-refractivity contribution in [3.05, 3.63) is 83.2 Å². The van der Waals surface area contributed by atoms with Gasteiger partial charge in [0, 0.05) is 18.4 Å². The number of rotatable bonds is 11. The summed E-state index contributed by atoms with van der Waals surface area (Å²) in [6.45, 7) is 6.49. The standard InChI is InChI=1S/C28H37NO4/c1-4-32-26(30)19-29(21(2)3)20-27(31)33-25-17-15-24(16-18-25)28(22-11-7-5-8-12-22)23-13-9-6-10-14-23/h5-9,11-13,15,17,21,27-28,31H,4,10,14,16,18-20H2,1-3H3. The molecule has 2 unspecified atom stereocenters. The van der Waals surface area contributed by atoms with Crippen LogP contribution in [0.1, 0.15) is 57.9 Å². The summed E-state index contributed by atoms with van der Waals surface area (Å²) in [4.78, 5) is 13.7. The molecule has 2 atom stereocenters. The van der Waals surface area contributed by atoms with Crippen molar-refractivity contribution in [2.45, 2.75) is 64.7 Å². The molecule has 1 aromatic carbocycles. The van der Waals surface area contributed by atoms with E-state index in [1.165, 1.54) is 16.7 Å². The SMILES string of the molecule is CCOC(=O)CN(CC(O)OC1=CC=C(C(C2=CC=CCC2)c2ccccc2)CC1)C(C)C. The van der Waals surface area contributed by atoms with Crippen LogP contribution in [-0.4, -0.2) is 48.0 Å². The number of nitrogens with zero attached hydrogens (tertiary/aromatic N) is 1. The van der Waals surface area contributed by atoms with Crippen LogP contribution in [0, 0.1) is 0 Å². The van der Waals surface area contributed by atoms with Crippen LogP contribution in [0.2, 0.25) is 0 Å². The molecule has 3 rings (SSSR count). The molecule has 0 aromatic heterocycles. The van der Waals surface area contributed by atoms with Crippen molar-refractivity contribution in [1.82, 2.24) is 4.90 Å². The molecule has 0 saturated heterocycles. The second-order valence-electron chi connectivity index (χ2n) is 8.83. The third-order valence-electron chi connectivity index (χ3n) is 6.11. The third kappa shape index (κ3) is 7.44. The molecule has 0 aliphatic heterocycles. The first-order chi connectivity index (χ1) is 16.0. The second kappa shape index (κ2) is 12.6. The van der Waals surface area contributed by atoms with Crippen molar-refractivity contribution in [2.75, 3.05) is 19.7 Å². The number of allylic oxidation sites excluding steroid dienone is 8. The van der Waals surface area contributed by atoms with Crippen LogP contribution < -0.4 is 0 Å². The largest absolute Gasteiger partial charge is 0.468 e. The molecular weight excluding hydrogens is 414 g/mol. The molecule has 0 saturated carbocycles. The molecule has 0 radical (unpaired) electrons. The molecule has 2 aliphatic rings. The number of aliphatic hydroxyl groups is 1. The Hall–Kier alpha value is -2.63. The summed E-state index contributed by atoms with van der Waals surface area (Å²) in [5.74, 6) is 0.761. The minimum absolute atomic E-state index is 0.0870. The average Bonchev–Trinajstić information content (AvgIpc) is 2.81. The van der Waals surface area contributed by atoms with Gasteiger partial charge in [0.2, 0.25) is 6.29 Å². The van der Waals surface area contributed by atoms with Crippen molar-refractivity contribution in [1.29, 1.82) is 0 Å². The molecule has 0 heterocycles. The fraction of sp³-hybridized carbons (Fsp3) is 0.464. The maximum atomic E-state index is 11.9. The van der Waals surface area contributed by atoms with Crippen LogP contribution >= 0.6 is 0 Å². The number of hydrogen-bond acceptors (Lipinski definition) is 5. The number of ether oxygens (including phenoxy) is 2. The Balaban J connectivity index is 1.67. The molecule has 0 fully saturated rings. The van der Waals surface area contributed by atoms with Gasteiger partial charge < -0.3 is 14.6 Å². The van der Waals surface area contributed by atoms with Crippen LogP contribution in [0.15, 0.2) is 77.6 Å². The van der Waals surface area contributed by atoms with Gasteiger partial charge in [-0.3, -0.25) is 9.69 Å². The van der Waals surface area contributed by atoms with Crippen LogP contribution in [0.5, 0.6) is 0 Å². The van der Waals surface area contributed by atoms with Crippen LogP contribution in [0.4, 0.5) is 0 Å². The van der Waals surface area contributed by atoms with Gasteiger partial charge in [0.1, 0.15) is 0 Å². The lowest BCUT2D eigenvalue weighted by Gasteiger charge is -2.30. The van der Waals surface area contributed by atoms with Gasteiger partial charge in [-0.05, 0) is 51.7 Å². The number of esters is 1. The van der Waals surface area contributed by atoms with Gasteiger partial charge >= 0.3 is 5.97 Å². The lowest BCUT2D eigenvalue weighted by atomic mass is 9.78. The number of carbonyl (C=O) groups excluding carboxylic acids is 1. The zero-order chi connectivity index (χ0) is 23.6. The van der Waals surface area contributed by atoms with Gasteiger partial charge in [-0.25, -0.2) is 0 Å². The Morgan fingerprint density at radius 1 is 1.06 bits per heavy atom. The minimum Gasteiger partial charge on any atom is -0.468 e. The Morgan fingerprint density at radius 2 is 1.82 bits per heavy atom. The van der Waals surface area contributed by atoms with E-state index in [1.807, 2.05) is 24.8 Å². The van der Waals surface area contributed by atoms with Gasteiger partial charge in [0.25, 0.3) is 0 Å². The van der Waals surface area contributed by atoms with E-state index in [9.17, 15) is 9.90 Å². The summed E-state index contributed by atoms with van der Waals surface area (Å²) in [7, 11) is 0. The zero-order valence-corrected chi connectivity index (χ0v) is 20.1. The normalized spacial score (nSPS) is 17.8. The summed E-state index contributed by atoms with van der Waals surface area (Å²) >= 11 is 0. The molecular formula is C28H37NO4. The van der Waals surface area contributed by atoms with Crippen molar-refractivity contribution in [3.63, 3.8) is 0 Å². The Kier molecular flexibility index (Phi) is 9.52. The predicted octanol–water partition coefficient (Wildman–Crippen LogP) is 5.26. The van der Waals surface area contributed by atoms with E-state index in [2.05, 4.69) is 54.6 Å². The first-order valence-electron chi connectivity index (χ1n) is 12.0. The minimum atomic E-state index is -1.00. The van der Waals surface area contributed by atoms with Crippen LogP contribution in [-0.2, 0) is 14.3 Å². The van der Waals surface area contributed by atoms with Gasteiger partial charge in [-0.15, -0.1) is 0 Å². The summed E-state index contributed by atoms with van der Waals surface area (Å²) < 4.78 is 10.9.